The summed E-state index contributed by atoms with van der Waals surface area (Å²) in [5.74, 6) is 0. The number of hydrogen-bond acceptors (Lipinski definition) is 6. The Morgan fingerprint density at radius 3 is 2.58 bits per heavy atom. The lowest BCUT2D eigenvalue weighted by molar-refractivity contribution is -0.137. The van der Waals surface area contributed by atoms with Crippen molar-refractivity contribution in [3.63, 3.8) is 0 Å². The molecule has 0 saturated heterocycles. The molecule has 3 N–H and O–H groups in total. The third kappa shape index (κ3) is 4.38. The molecule has 0 spiro atoms. The maximum atomic E-state index is 13.4. The van der Waals surface area contributed by atoms with E-state index in [9.17, 15) is 23.1 Å². The van der Waals surface area contributed by atoms with Crippen LogP contribution in [0.2, 0.25) is 0 Å². The highest BCUT2D eigenvalue weighted by Gasteiger charge is 2.30. The minimum absolute atomic E-state index is 0.183. The van der Waals surface area contributed by atoms with Gasteiger partial charge in [-0.2, -0.15) is 13.2 Å². The largest absolute Gasteiger partial charge is 0.416 e. The number of allylic oxidation sites excluding steroid dienone is 1. The van der Waals surface area contributed by atoms with Crippen LogP contribution in [-0.4, -0.2) is 39.0 Å². The summed E-state index contributed by atoms with van der Waals surface area (Å²) >= 11 is 0. The normalized spacial score (nSPS) is 19.6. The maximum Gasteiger partial charge on any atom is 0.416 e. The average Bonchev–Trinajstić information content (AvgIpc) is 3.22. The number of fused-ring (bicyclic) bond motifs is 1. The van der Waals surface area contributed by atoms with E-state index in [1.54, 1.807) is 7.05 Å². The van der Waals surface area contributed by atoms with Crippen LogP contribution in [0.4, 0.5) is 13.2 Å². The van der Waals surface area contributed by atoms with E-state index in [2.05, 4.69) is 15.0 Å². The Morgan fingerprint density at radius 1 is 1.27 bits per heavy atom. The molecule has 3 aromatic rings. The van der Waals surface area contributed by atoms with Gasteiger partial charge in [-0.05, 0) is 37.5 Å². The Morgan fingerprint density at radius 2 is 2.00 bits per heavy atom. The molecule has 1 aliphatic rings. The summed E-state index contributed by atoms with van der Waals surface area (Å²) in [7, 11) is 1.55. The first kappa shape index (κ1) is 22.7. The maximum absolute atomic E-state index is 13.4. The van der Waals surface area contributed by atoms with Gasteiger partial charge in [0.1, 0.15) is 11.2 Å². The van der Waals surface area contributed by atoms with Crippen LogP contribution in [-0.2, 0) is 6.18 Å². The molecule has 0 amide bonds. The smallest absolute Gasteiger partial charge is 0.404 e. The minimum atomic E-state index is -4.46. The number of hydrogen-bond donors (Lipinski definition) is 2. The van der Waals surface area contributed by atoms with Crippen LogP contribution in [0.5, 0.6) is 0 Å². The van der Waals surface area contributed by atoms with Crippen molar-refractivity contribution >= 4 is 22.7 Å². The number of aliphatic hydroxyl groups excluding tert-OH is 1. The van der Waals surface area contributed by atoms with E-state index in [1.165, 1.54) is 41.5 Å². The average molecular weight is 457 g/mol. The monoisotopic (exact) mass is 457 g/mol. The van der Waals surface area contributed by atoms with Gasteiger partial charge in [0.05, 0.1) is 29.1 Å². The zero-order chi connectivity index (χ0) is 23.8. The van der Waals surface area contributed by atoms with Crippen molar-refractivity contribution in [3.05, 3.63) is 64.5 Å². The quantitative estimate of drug-likeness (QED) is 0.583. The molecule has 1 fully saturated rings. The van der Waals surface area contributed by atoms with Crippen LogP contribution in [0.15, 0.2) is 52.6 Å². The van der Waals surface area contributed by atoms with Crippen LogP contribution in [0, 0.1) is 0 Å². The lowest BCUT2D eigenvalue weighted by atomic mass is 10.0. The number of benzene rings is 1. The first-order valence-electron chi connectivity index (χ1n) is 10.3. The molecule has 2 atom stereocenters. The van der Waals surface area contributed by atoms with E-state index in [0.717, 1.165) is 12.1 Å². The second kappa shape index (κ2) is 8.78. The molecule has 1 aliphatic carbocycles. The van der Waals surface area contributed by atoms with Gasteiger partial charge >= 0.3 is 6.18 Å². The van der Waals surface area contributed by atoms with E-state index < -0.39 is 17.8 Å². The van der Waals surface area contributed by atoms with Crippen molar-refractivity contribution in [2.45, 2.75) is 37.6 Å². The molecule has 1 saturated carbocycles. The Bertz CT molecular complexity index is 1300. The minimum Gasteiger partial charge on any atom is -0.404 e. The van der Waals surface area contributed by atoms with Gasteiger partial charge in [0.25, 0.3) is 5.56 Å². The number of pyridine rings is 1. The number of nitrogens with two attached hydrogens (primary N) is 1. The first-order valence-corrected chi connectivity index (χ1v) is 10.3. The zero-order valence-corrected chi connectivity index (χ0v) is 17.8. The van der Waals surface area contributed by atoms with Gasteiger partial charge in [0, 0.05) is 36.6 Å². The van der Waals surface area contributed by atoms with Crippen LogP contribution in [0.25, 0.3) is 27.7 Å². The van der Waals surface area contributed by atoms with E-state index in [-0.39, 0.29) is 17.0 Å². The third-order valence-corrected chi connectivity index (χ3v) is 5.77. The molecule has 10 heteroatoms. The van der Waals surface area contributed by atoms with Crippen molar-refractivity contribution < 1.29 is 18.3 Å². The fourth-order valence-electron chi connectivity index (χ4n) is 4.09. The predicted octanol–water partition coefficient (Wildman–Crippen LogP) is 3.56. The Labute approximate surface area is 187 Å². The molecule has 4 rings (SSSR count). The number of halogens is 3. The first-order chi connectivity index (χ1) is 15.7. The highest BCUT2D eigenvalue weighted by atomic mass is 19.4. The fraction of sp³-hybridized carbons (Fsp3) is 0.304. The third-order valence-electron chi connectivity index (χ3n) is 5.77. The Kier molecular flexibility index (Phi) is 6.03. The van der Waals surface area contributed by atoms with Crippen molar-refractivity contribution in [1.82, 2.24) is 14.5 Å². The predicted molar refractivity (Wildman–Crippen MR) is 120 cm³/mol. The summed E-state index contributed by atoms with van der Waals surface area (Å²) in [6, 6.07) is 5.89. The van der Waals surface area contributed by atoms with Crippen LogP contribution in [0.3, 0.4) is 0 Å². The second-order valence-corrected chi connectivity index (χ2v) is 7.91. The fourth-order valence-corrected chi connectivity index (χ4v) is 4.09. The van der Waals surface area contributed by atoms with Crippen LogP contribution < -0.4 is 11.3 Å². The van der Waals surface area contributed by atoms with Gasteiger partial charge in [-0.15, -0.1) is 0 Å². The van der Waals surface area contributed by atoms with E-state index in [0.29, 0.717) is 47.3 Å². The number of rotatable bonds is 4. The molecule has 0 radical (unpaired) electrons. The van der Waals surface area contributed by atoms with Gasteiger partial charge in [-0.25, -0.2) is 9.97 Å². The molecule has 0 aliphatic heterocycles. The SMILES string of the molecule is CN=CC(=CN)c1nc(-c2ccc(C(F)(F)F)cc2)cc2c(=O)n(C3CCC(O)C3)cnc12. The lowest BCUT2D eigenvalue weighted by Crippen LogP contribution is -2.25. The van der Waals surface area contributed by atoms with Gasteiger partial charge in [-0.1, -0.05) is 12.1 Å². The molecule has 0 bridgehead atoms. The Balaban J connectivity index is 1.93. The van der Waals surface area contributed by atoms with Crippen molar-refractivity contribution in [1.29, 1.82) is 0 Å². The molecule has 33 heavy (non-hydrogen) atoms. The summed E-state index contributed by atoms with van der Waals surface area (Å²) in [4.78, 5) is 26.4. The Hall–Kier alpha value is -3.53. The number of aromatic nitrogens is 3. The molecular weight excluding hydrogens is 435 g/mol. The van der Waals surface area contributed by atoms with Crippen molar-refractivity contribution in [2.75, 3.05) is 7.05 Å². The zero-order valence-electron chi connectivity index (χ0n) is 17.8. The number of nitrogens with zero attached hydrogens (tertiary/aromatic N) is 4. The summed E-state index contributed by atoms with van der Waals surface area (Å²) in [5, 5.41) is 10.1. The van der Waals surface area contributed by atoms with Gasteiger partial charge in [0.15, 0.2) is 0 Å². The lowest BCUT2D eigenvalue weighted by Gasteiger charge is -2.16. The van der Waals surface area contributed by atoms with Crippen molar-refractivity contribution in [2.24, 2.45) is 10.7 Å². The number of alkyl halides is 3. The second-order valence-electron chi connectivity index (χ2n) is 7.91. The molecule has 1 aromatic carbocycles. The number of aliphatic imine (C=N–C) groups is 1. The van der Waals surface area contributed by atoms with Crippen LogP contribution >= 0.6 is 0 Å². The van der Waals surface area contributed by atoms with Crippen LogP contribution in [0.1, 0.15) is 36.6 Å². The summed E-state index contributed by atoms with van der Waals surface area (Å²) in [5.41, 5.74) is 6.39. The molecule has 7 nitrogen and oxygen atoms in total. The summed E-state index contributed by atoms with van der Waals surface area (Å²) < 4.78 is 40.4. The van der Waals surface area contributed by atoms with Gasteiger partial charge < -0.3 is 10.8 Å². The van der Waals surface area contributed by atoms with Gasteiger partial charge in [-0.3, -0.25) is 14.4 Å². The standard InChI is InChI=1S/C23H22F3N5O2/c1-28-11-14(10-27)20-21-18(22(33)31(12-29-21)16-6-7-17(32)8-16)9-19(30-20)13-2-4-15(5-3-13)23(24,25)26/h2-5,9-12,16-17,32H,6-8,27H2,1H3. The van der Waals surface area contributed by atoms with Gasteiger partial charge in [0.2, 0.25) is 0 Å². The number of aliphatic hydroxyl groups is 1. The van der Waals surface area contributed by atoms with E-state index >= 15 is 0 Å². The molecule has 2 aromatic heterocycles. The highest BCUT2D eigenvalue weighted by molar-refractivity contribution is 6.13. The molecule has 2 unspecified atom stereocenters. The van der Waals surface area contributed by atoms with E-state index in [1.807, 2.05) is 0 Å². The summed E-state index contributed by atoms with van der Waals surface area (Å²) in [6.45, 7) is 0. The molecule has 2 heterocycles. The van der Waals surface area contributed by atoms with Crippen molar-refractivity contribution in [3.8, 4) is 11.3 Å². The topological polar surface area (TPSA) is 106 Å². The summed E-state index contributed by atoms with van der Waals surface area (Å²) in [6.07, 6.45) is 0.957. The molecule has 172 valence electrons. The molecular formula is C23H22F3N5O2. The van der Waals surface area contributed by atoms with E-state index in [4.69, 9.17) is 5.73 Å². The highest BCUT2D eigenvalue weighted by Crippen LogP contribution is 2.33.